The van der Waals surface area contributed by atoms with Gasteiger partial charge in [-0.2, -0.15) is 5.26 Å². The molecule has 0 spiro atoms. The van der Waals surface area contributed by atoms with E-state index in [-0.39, 0.29) is 5.78 Å². The summed E-state index contributed by atoms with van der Waals surface area (Å²) < 4.78 is 11.0. The van der Waals surface area contributed by atoms with Crippen LogP contribution < -0.4 is 9.47 Å². The molecule has 0 fully saturated rings. The molecule has 1 atom stereocenters. The highest BCUT2D eigenvalue weighted by molar-refractivity contribution is 5.82. The molecular weight excluding hydrogens is 230 g/mol. The maximum absolute atomic E-state index is 11.5. The van der Waals surface area contributed by atoms with Gasteiger partial charge in [-0.15, -0.1) is 0 Å². The number of carbonyl (C=O) groups is 1. The van der Waals surface area contributed by atoms with Crippen LogP contribution >= 0.6 is 0 Å². The molecule has 0 aliphatic rings. The van der Waals surface area contributed by atoms with Gasteiger partial charge in [-0.25, -0.2) is 0 Å². The molecule has 0 aromatic heterocycles. The molecule has 18 heavy (non-hydrogen) atoms. The summed E-state index contributed by atoms with van der Waals surface area (Å²) in [5.41, 5.74) is 0.500. The molecule has 1 rings (SSSR count). The molecule has 0 saturated heterocycles. The zero-order valence-electron chi connectivity index (χ0n) is 10.9. The highest BCUT2D eigenvalue weighted by Gasteiger charge is 2.15. The van der Waals surface area contributed by atoms with Crippen molar-refractivity contribution in [1.29, 1.82) is 5.26 Å². The van der Waals surface area contributed by atoms with E-state index in [4.69, 9.17) is 14.7 Å². The van der Waals surface area contributed by atoms with Crippen molar-refractivity contribution in [3.8, 4) is 17.6 Å². The summed E-state index contributed by atoms with van der Waals surface area (Å²) in [7, 11) is 0. The van der Waals surface area contributed by atoms with Crippen LogP contribution in [0.4, 0.5) is 0 Å². The molecular formula is C14H17NO3. The molecule has 1 aromatic carbocycles. The smallest absolute Gasteiger partial charge is 0.172 e. The Balaban J connectivity index is 2.94. The largest absolute Gasteiger partial charge is 0.490 e. The molecule has 4 nitrogen and oxygen atoms in total. The minimum absolute atomic E-state index is 0.0295. The summed E-state index contributed by atoms with van der Waals surface area (Å²) in [5, 5.41) is 8.83. The second kappa shape index (κ2) is 6.65. The quantitative estimate of drug-likeness (QED) is 0.775. The molecule has 0 amide bonds. The SMILES string of the molecule is CCOc1cc(C#N)ccc1OC(C)C(=O)CC. The molecule has 0 radical (unpaired) electrons. The van der Waals surface area contributed by atoms with Crippen molar-refractivity contribution in [2.75, 3.05) is 6.61 Å². The molecule has 0 bridgehead atoms. The standard InChI is InChI=1S/C14H17NO3/c1-4-12(16)10(3)18-13-7-6-11(9-15)8-14(13)17-5-2/h6-8,10H,4-5H2,1-3H3. The molecule has 1 unspecified atom stereocenters. The van der Waals surface area contributed by atoms with Gasteiger partial charge in [-0.3, -0.25) is 4.79 Å². The minimum Gasteiger partial charge on any atom is -0.490 e. The number of nitrogens with zero attached hydrogens (tertiary/aromatic N) is 1. The Morgan fingerprint density at radius 1 is 1.39 bits per heavy atom. The Labute approximate surface area is 107 Å². The third-order valence-electron chi connectivity index (χ3n) is 2.48. The highest BCUT2D eigenvalue weighted by atomic mass is 16.5. The summed E-state index contributed by atoms with van der Waals surface area (Å²) in [6.07, 6.45) is -0.0799. The summed E-state index contributed by atoms with van der Waals surface area (Å²) >= 11 is 0. The van der Waals surface area contributed by atoms with Crippen LogP contribution in [0.5, 0.6) is 11.5 Å². The van der Waals surface area contributed by atoms with Gasteiger partial charge in [0.25, 0.3) is 0 Å². The predicted octanol–water partition coefficient (Wildman–Crippen LogP) is 2.70. The summed E-state index contributed by atoms with van der Waals surface area (Å²) in [4.78, 5) is 11.5. The third-order valence-corrected chi connectivity index (χ3v) is 2.48. The zero-order valence-corrected chi connectivity index (χ0v) is 10.9. The second-order valence-electron chi connectivity index (χ2n) is 3.79. The zero-order chi connectivity index (χ0) is 13.5. The highest BCUT2D eigenvalue weighted by Crippen LogP contribution is 2.29. The number of hydrogen-bond donors (Lipinski definition) is 0. The summed E-state index contributed by atoms with van der Waals surface area (Å²) in [6.45, 7) is 5.83. The molecule has 0 aliphatic carbocycles. The van der Waals surface area contributed by atoms with Gasteiger partial charge in [0, 0.05) is 12.5 Å². The van der Waals surface area contributed by atoms with E-state index >= 15 is 0 Å². The van der Waals surface area contributed by atoms with Crippen molar-refractivity contribution in [1.82, 2.24) is 0 Å². The van der Waals surface area contributed by atoms with Gasteiger partial charge in [0.05, 0.1) is 18.2 Å². The fraction of sp³-hybridized carbons (Fsp3) is 0.429. The average molecular weight is 247 g/mol. The Kier molecular flexibility index (Phi) is 5.19. The first kappa shape index (κ1) is 14.0. The topological polar surface area (TPSA) is 59.3 Å². The number of hydrogen-bond acceptors (Lipinski definition) is 4. The van der Waals surface area contributed by atoms with E-state index in [1.165, 1.54) is 0 Å². The third kappa shape index (κ3) is 3.49. The van der Waals surface area contributed by atoms with Gasteiger partial charge in [0.1, 0.15) is 0 Å². The Bertz CT molecular complexity index is 463. The number of rotatable bonds is 6. The first-order valence-electron chi connectivity index (χ1n) is 5.98. The molecule has 1 aromatic rings. The van der Waals surface area contributed by atoms with E-state index in [0.29, 0.717) is 30.1 Å². The molecule has 96 valence electrons. The lowest BCUT2D eigenvalue weighted by Crippen LogP contribution is -2.23. The first-order valence-corrected chi connectivity index (χ1v) is 5.98. The number of benzene rings is 1. The van der Waals surface area contributed by atoms with Gasteiger partial charge in [0.2, 0.25) is 0 Å². The van der Waals surface area contributed by atoms with Crippen molar-refractivity contribution >= 4 is 5.78 Å². The Hall–Kier alpha value is -2.02. The molecule has 4 heteroatoms. The number of nitriles is 1. The van der Waals surface area contributed by atoms with Crippen molar-refractivity contribution < 1.29 is 14.3 Å². The van der Waals surface area contributed by atoms with Crippen LogP contribution in [0.3, 0.4) is 0 Å². The number of Topliss-reactive ketones (excluding diaryl/α,β-unsaturated/α-hetero) is 1. The van der Waals surface area contributed by atoms with E-state index in [0.717, 1.165) is 0 Å². The van der Waals surface area contributed by atoms with Crippen LogP contribution in [-0.4, -0.2) is 18.5 Å². The Morgan fingerprint density at radius 3 is 2.67 bits per heavy atom. The maximum Gasteiger partial charge on any atom is 0.172 e. The second-order valence-corrected chi connectivity index (χ2v) is 3.79. The molecule has 0 saturated carbocycles. The lowest BCUT2D eigenvalue weighted by atomic mass is 10.2. The van der Waals surface area contributed by atoms with Gasteiger partial charge >= 0.3 is 0 Å². The molecule has 0 heterocycles. The molecule has 0 aliphatic heterocycles. The fourth-order valence-corrected chi connectivity index (χ4v) is 1.49. The average Bonchev–Trinajstić information content (AvgIpc) is 2.39. The van der Waals surface area contributed by atoms with Crippen LogP contribution in [0, 0.1) is 11.3 Å². The first-order chi connectivity index (χ1) is 8.62. The van der Waals surface area contributed by atoms with Gasteiger partial charge < -0.3 is 9.47 Å². The Morgan fingerprint density at radius 2 is 2.11 bits per heavy atom. The fourth-order valence-electron chi connectivity index (χ4n) is 1.49. The van der Waals surface area contributed by atoms with Crippen molar-refractivity contribution in [2.45, 2.75) is 33.3 Å². The van der Waals surface area contributed by atoms with Crippen molar-refractivity contribution in [3.63, 3.8) is 0 Å². The van der Waals surface area contributed by atoms with Gasteiger partial charge in [-0.1, -0.05) is 6.92 Å². The van der Waals surface area contributed by atoms with E-state index < -0.39 is 6.10 Å². The van der Waals surface area contributed by atoms with Crippen LogP contribution in [0.2, 0.25) is 0 Å². The van der Waals surface area contributed by atoms with Crippen molar-refractivity contribution in [2.24, 2.45) is 0 Å². The van der Waals surface area contributed by atoms with Crippen LogP contribution in [-0.2, 0) is 4.79 Å². The normalized spacial score (nSPS) is 11.4. The number of ketones is 1. The number of ether oxygens (including phenoxy) is 2. The maximum atomic E-state index is 11.5. The predicted molar refractivity (Wildman–Crippen MR) is 67.7 cm³/mol. The van der Waals surface area contributed by atoms with E-state index in [2.05, 4.69) is 0 Å². The summed E-state index contributed by atoms with van der Waals surface area (Å²) in [5.74, 6) is 1.01. The lowest BCUT2D eigenvalue weighted by Gasteiger charge is -2.16. The van der Waals surface area contributed by atoms with Gasteiger partial charge in [-0.05, 0) is 26.0 Å². The van der Waals surface area contributed by atoms with E-state index in [1.54, 1.807) is 32.0 Å². The minimum atomic E-state index is -0.512. The van der Waals surface area contributed by atoms with Crippen molar-refractivity contribution in [3.05, 3.63) is 23.8 Å². The lowest BCUT2D eigenvalue weighted by molar-refractivity contribution is -0.124. The molecule has 0 N–H and O–H groups in total. The van der Waals surface area contributed by atoms with E-state index in [1.807, 2.05) is 13.0 Å². The van der Waals surface area contributed by atoms with Crippen LogP contribution in [0.15, 0.2) is 18.2 Å². The van der Waals surface area contributed by atoms with Crippen LogP contribution in [0.1, 0.15) is 32.8 Å². The van der Waals surface area contributed by atoms with Gasteiger partial charge in [0.15, 0.2) is 23.4 Å². The monoisotopic (exact) mass is 247 g/mol. The van der Waals surface area contributed by atoms with E-state index in [9.17, 15) is 4.79 Å². The van der Waals surface area contributed by atoms with Crippen LogP contribution in [0.25, 0.3) is 0 Å². The number of carbonyl (C=O) groups excluding carboxylic acids is 1. The summed E-state index contributed by atoms with van der Waals surface area (Å²) in [6, 6.07) is 6.95.